The van der Waals surface area contributed by atoms with Crippen molar-refractivity contribution in [3.05, 3.63) is 36.0 Å². The smallest absolute Gasteiger partial charge is 0.120 e. The van der Waals surface area contributed by atoms with E-state index in [1.807, 2.05) is 44.2 Å². The third kappa shape index (κ3) is 2.73. The topological polar surface area (TPSA) is 45.9 Å². The number of fused-ring (bicyclic) bond motifs is 1. The van der Waals surface area contributed by atoms with Gasteiger partial charge in [-0.1, -0.05) is 6.07 Å². The Labute approximate surface area is 101 Å². The van der Waals surface area contributed by atoms with Crippen molar-refractivity contribution in [3.8, 4) is 11.8 Å². The summed E-state index contributed by atoms with van der Waals surface area (Å²) in [6.07, 6.45) is 0.512. The van der Waals surface area contributed by atoms with Crippen LogP contribution in [0, 0.1) is 11.3 Å². The van der Waals surface area contributed by atoms with E-state index in [-0.39, 0.29) is 6.10 Å². The molecule has 2 rings (SSSR count). The molecule has 0 saturated heterocycles. The molecule has 0 aliphatic rings. The molecule has 0 aliphatic heterocycles. The molecule has 0 amide bonds. The van der Waals surface area contributed by atoms with Gasteiger partial charge in [0.2, 0.25) is 0 Å². The van der Waals surface area contributed by atoms with Gasteiger partial charge in [0.05, 0.1) is 29.8 Å². The summed E-state index contributed by atoms with van der Waals surface area (Å²) in [6, 6.07) is 11.8. The van der Waals surface area contributed by atoms with Crippen molar-refractivity contribution in [2.24, 2.45) is 0 Å². The SMILES string of the molecule is CC(C)Oc1ccc2nc(CC#N)ccc2c1. The van der Waals surface area contributed by atoms with Crippen LogP contribution in [0.5, 0.6) is 5.75 Å². The van der Waals surface area contributed by atoms with Gasteiger partial charge in [-0.25, -0.2) is 0 Å². The normalized spacial score (nSPS) is 10.5. The number of hydrogen-bond acceptors (Lipinski definition) is 3. The highest BCUT2D eigenvalue weighted by Gasteiger charge is 2.02. The molecule has 0 saturated carbocycles. The van der Waals surface area contributed by atoms with Crippen molar-refractivity contribution in [3.63, 3.8) is 0 Å². The zero-order chi connectivity index (χ0) is 12.3. The van der Waals surface area contributed by atoms with Gasteiger partial charge in [0.15, 0.2) is 0 Å². The van der Waals surface area contributed by atoms with E-state index in [1.54, 1.807) is 0 Å². The Bertz CT molecular complexity index is 570. The van der Waals surface area contributed by atoms with Gasteiger partial charge < -0.3 is 4.74 Å². The summed E-state index contributed by atoms with van der Waals surface area (Å²) in [6.45, 7) is 4.00. The third-order valence-corrected chi connectivity index (χ3v) is 2.35. The molecule has 1 heterocycles. The van der Waals surface area contributed by atoms with E-state index in [0.717, 1.165) is 22.3 Å². The minimum absolute atomic E-state index is 0.165. The molecule has 2 aromatic rings. The average molecular weight is 226 g/mol. The second kappa shape index (κ2) is 4.84. The predicted molar refractivity (Wildman–Crippen MR) is 66.8 cm³/mol. The van der Waals surface area contributed by atoms with Crippen LogP contribution in [0.4, 0.5) is 0 Å². The molecule has 0 fully saturated rings. The highest BCUT2D eigenvalue weighted by molar-refractivity contribution is 5.80. The largest absolute Gasteiger partial charge is 0.491 e. The van der Waals surface area contributed by atoms with Gasteiger partial charge in [-0.3, -0.25) is 4.98 Å². The summed E-state index contributed by atoms with van der Waals surface area (Å²) in [4.78, 5) is 4.41. The zero-order valence-electron chi connectivity index (χ0n) is 9.97. The first kappa shape index (κ1) is 11.4. The fraction of sp³-hybridized carbons (Fsp3) is 0.286. The van der Waals surface area contributed by atoms with Crippen LogP contribution in [0.1, 0.15) is 19.5 Å². The highest BCUT2D eigenvalue weighted by Crippen LogP contribution is 2.20. The molecule has 17 heavy (non-hydrogen) atoms. The van der Waals surface area contributed by atoms with Gasteiger partial charge >= 0.3 is 0 Å². The first-order valence-electron chi connectivity index (χ1n) is 5.62. The summed E-state index contributed by atoms with van der Waals surface area (Å²) in [5.41, 5.74) is 1.70. The molecular weight excluding hydrogens is 212 g/mol. The van der Waals surface area contributed by atoms with Crippen molar-refractivity contribution in [1.29, 1.82) is 5.26 Å². The number of aromatic nitrogens is 1. The maximum absolute atomic E-state index is 8.63. The van der Waals surface area contributed by atoms with Crippen molar-refractivity contribution in [1.82, 2.24) is 4.98 Å². The third-order valence-electron chi connectivity index (χ3n) is 2.35. The summed E-state index contributed by atoms with van der Waals surface area (Å²) in [7, 11) is 0. The van der Waals surface area contributed by atoms with Gasteiger partial charge in [0.25, 0.3) is 0 Å². The van der Waals surface area contributed by atoms with Gasteiger partial charge in [-0.2, -0.15) is 5.26 Å². The number of nitriles is 1. The number of hydrogen-bond donors (Lipinski definition) is 0. The lowest BCUT2D eigenvalue weighted by molar-refractivity contribution is 0.243. The zero-order valence-corrected chi connectivity index (χ0v) is 9.97. The Balaban J connectivity index is 2.37. The molecule has 0 unspecified atom stereocenters. The maximum atomic E-state index is 8.63. The molecule has 0 aliphatic carbocycles. The van der Waals surface area contributed by atoms with Gasteiger partial charge in [-0.15, -0.1) is 0 Å². The minimum Gasteiger partial charge on any atom is -0.491 e. The van der Waals surface area contributed by atoms with E-state index in [4.69, 9.17) is 10.00 Å². The Morgan fingerprint density at radius 1 is 1.29 bits per heavy atom. The van der Waals surface area contributed by atoms with E-state index in [0.29, 0.717) is 6.42 Å². The van der Waals surface area contributed by atoms with Gasteiger partial charge in [0.1, 0.15) is 5.75 Å². The Kier molecular flexibility index (Phi) is 3.24. The summed E-state index contributed by atoms with van der Waals surface area (Å²) >= 11 is 0. The number of rotatable bonds is 3. The van der Waals surface area contributed by atoms with E-state index in [9.17, 15) is 0 Å². The van der Waals surface area contributed by atoms with Crippen LogP contribution >= 0.6 is 0 Å². The van der Waals surface area contributed by atoms with E-state index >= 15 is 0 Å². The number of nitrogens with zero attached hydrogens (tertiary/aromatic N) is 2. The molecule has 1 aromatic heterocycles. The van der Waals surface area contributed by atoms with Crippen LogP contribution in [0.15, 0.2) is 30.3 Å². The van der Waals surface area contributed by atoms with Crippen LogP contribution in [0.25, 0.3) is 10.9 Å². The van der Waals surface area contributed by atoms with Crippen LogP contribution in [-0.4, -0.2) is 11.1 Å². The van der Waals surface area contributed by atoms with Gasteiger partial charge in [-0.05, 0) is 38.1 Å². The summed E-state index contributed by atoms with van der Waals surface area (Å²) < 4.78 is 5.62. The van der Waals surface area contributed by atoms with Crippen LogP contribution in [0.3, 0.4) is 0 Å². The molecule has 86 valence electrons. The van der Waals surface area contributed by atoms with Crippen molar-refractivity contribution >= 4 is 10.9 Å². The van der Waals surface area contributed by atoms with Crippen molar-refractivity contribution in [2.75, 3.05) is 0 Å². The fourth-order valence-electron chi connectivity index (χ4n) is 1.67. The number of pyridine rings is 1. The monoisotopic (exact) mass is 226 g/mol. The van der Waals surface area contributed by atoms with E-state index in [1.165, 1.54) is 0 Å². The summed E-state index contributed by atoms with van der Waals surface area (Å²) in [5, 5.41) is 9.66. The van der Waals surface area contributed by atoms with Gasteiger partial charge in [0, 0.05) is 5.39 Å². The quantitative estimate of drug-likeness (QED) is 0.807. The average Bonchev–Trinajstić information content (AvgIpc) is 2.29. The second-order valence-corrected chi connectivity index (χ2v) is 4.16. The Hall–Kier alpha value is -2.08. The molecule has 0 spiro atoms. The summed E-state index contributed by atoms with van der Waals surface area (Å²) in [5.74, 6) is 0.849. The molecule has 0 bridgehead atoms. The molecular formula is C14H14N2O. The maximum Gasteiger partial charge on any atom is 0.120 e. The lowest BCUT2D eigenvalue weighted by atomic mass is 10.2. The standard InChI is InChI=1S/C14H14N2O/c1-10(2)17-13-5-6-14-11(9-13)3-4-12(16-14)7-8-15/h3-6,9-10H,7H2,1-2H3. The lowest BCUT2D eigenvalue weighted by Crippen LogP contribution is -2.05. The minimum atomic E-state index is 0.165. The van der Waals surface area contributed by atoms with Crippen LogP contribution in [-0.2, 0) is 6.42 Å². The Morgan fingerprint density at radius 2 is 2.12 bits per heavy atom. The molecule has 0 N–H and O–H groups in total. The first-order valence-corrected chi connectivity index (χ1v) is 5.62. The Morgan fingerprint density at radius 3 is 2.82 bits per heavy atom. The van der Waals surface area contributed by atoms with Crippen molar-refractivity contribution < 1.29 is 4.74 Å². The molecule has 0 atom stereocenters. The number of benzene rings is 1. The first-order chi connectivity index (χ1) is 8.19. The fourth-order valence-corrected chi connectivity index (χ4v) is 1.67. The van der Waals surface area contributed by atoms with Crippen LogP contribution in [0.2, 0.25) is 0 Å². The molecule has 0 radical (unpaired) electrons. The number of ether oxygens (including phenoxy) is 1. The molecule has 3 heteroatoms. The second-order valence-electron chi connectivity index (χ2n) is 4.16. The predicted octanol–water partition coefficient (Wildman–Crippen LogP) is 3.09. The van der Waals surface area contributed by atoms with E-state index in [2.05, 4.69) is 11.1 Å². The van der Waals surface area contributed by atoms with Crippen LogP contribution < -0.4 is 4.74 Å². The highest BCUT2D eigenvalue weighted by atomic mass is 16.5. The van der Waals surface area contributed by atoms with E-state index < -0.39 is 0 Å². The van der Waals surface area contributed by atoms with Crippen molar-refractivity contribution in [2.45, 2.75) is 26.4 Å². The molecule has 1 aromatic carbocycles. The lowest BCUT2D eigenvalue weighted by Gasteiger charge is -2.10. The molecule has 3 nitrogen and oxygen atoms in total.